The molecule has 29 heavy (non-hydrogen) atoms. The first-order chi connectivity index (χ1) is 14.0. The summed E-state index contributed by atoms with van der Waals surface area (Å²) in [7, 11) is 0. The quantitative estimate of drug-likeness (QED) is 0.490. The topological polar surface area (TPSA) is 104 Å². The van der Waals surface area contributed by atoms with Crippen LogP contribution in [0.3, 0.4) is 0 Å². The lowest BCUT2D eigenvalue weighted by atomic mass is 10.0. The van der Waals surface area contributed by atoms with Crippen LogP contribution < -0.4 is 10.1 Å². The number of rotatable bonds is 10. The number of aromatic nitrogens is 1. The molecular weight excluding hydrogens is 394 g/mol. The number of aliphatic hydroxyl groups is 2. The summed E-state index contributed by atoms with van der Waals surface area (Å²) in [4.78, 5) is 17.9. The lowest BCUT2D eigenvalue weighted by Gasteiger charge is -2.26. The van der Waals surface area contributed by atoms with Gasteiger partial charge >= 0.3 is 0 Å². The first-order valence-corrected chi connectivity index (χ1v) is 10.5. The standard InChI is InChI=1S/C20H27N3O5S/c1-2-27-7-8-28-16-5-3-15(4-6-16)9-23-10-18(24)20(26,13-23)12-21-19(25)17-11-29-14-22-17/h3-6,11,14,18,24,26H,2,7-10,12-13H2,1H3,(H,21,25)/t18-,20+/m1/s1. The Balaban J connectivity index is 1.48. The highest BCUT2D eigenvalue weighted by atomic mass is 32.1. The van der Waals surface area contributed by atoms with Gasteiger partial charge in [0.2, 0.25) is 0 Å². The minimum Gasteiger partial charge on any atom is -0.491 e. The predicted octanol–water partition coefficient (Wildman–Crippen LogP) is 0.896. The molecule has 2 aromatic rings. The van der Waals surface area contributed by atoms with E-state index >= 15 is 0 Å². The summed E-state index contributed by atoms with van der Waals surface area (Å²) >= 11 is 1.33. The maximum absolute atomic E-state index is 12.0. The van der Waals surface area contributed by atoms with Crippen molar-refractivity contribution in [1.82, 2.24) is 15.2 Å². The molecule has 1 fully saturated rings. The number of benzene rings is 1. The maximum Gasteiger partial charge on any atom is 0.270 e. The number of hydrogen-bond acceptors (Lipinski definition) is 8. The molecule has 3 rings (SSSR count). The zero-order chi connectivity index (χ0) is 20.7. The highest BCUT2D eigenvalue weighted by Gasteiger charge is 2.44. The van der Waals surface area contributed by atoms with Gasteiger partial charge in [-0.1, -0.05) is 12.1 Å². The van der Waals surface area contributed by atoms with Gasteiger partial charge < -0.3 is 25.0 Å². The Labute approximate surface area is 174 Å². The average Bonchev–Trinajstić information content (AvgIpc) is 3.34. The molecule has 0 bridgehead atoms. The average molecular weight is 422 g/mol. The number of amides is 1. The Morgan fingerprint density at radius 1 is 1.38 bits per heavy atom. The molecule has 0 spiro atoms. The van der Waals surface area contributed by atoms with E-state index in [0.29, 0.717) is 38.6 Å². The van der Waals surface area contributed by atoms with E-state index in [-0.39, 0.29) is 19.0 Å². The van der Waals surface area contributed by atoms with Crippen molar-refractivity contribution in [3.63, 3.8) is 0 Å². The van der Waals surface area contributed by atoms with E-state index in [9.17, 15) is 15.0 Å². The highest BCUT2D eigenvalue weighted by Crippen LogP contribution is 2.24. The molecule has 8 nitrogen and oxygen atoms in total. The van der Waals surface area contributed by atoms with Crippen LogP contribution in [0.5, 0.6) is 5.75 Å². The van der Waals surface area contributed by atoms with Crippen LogP contribution in [0.25, 0.3) is 0 Å². The van der Waals surface area contributed by atoms with E-state index in [1.54, 1.807) is 10.9 Å². The molecule has 158 valence electrons. The van der Waals surface area contributed by atoms with Gasteiger partial charge in [0, 0.05) is 31.6 Å². The summed E-state index contributed by atoms with van der Waals surface area (Å²) in [6, 6.07) is 7.72. The van der Waals surface area contributed by atoms with E-state index in [1.165, 1.54) is 11.3 Å². The normalized spacial score (nSPS) is 22.0. The van der Waals surface area contributed by atoms with E-state index in [4.69, 9.17) is 9.47 Å². The van der Waals surface area contributed by atoms with Gasteiger partial charge in [0.1, 0.15) is 23.7 Å². The third kappa shape index (κ3) is 5.97. The summed E-state index contributed by atoms with van der Waals surface area (Å²) in [6.45, 7) is 4.82. The zero-order valence-corrected chi connectivity index (χ0v) is 17.2. The SMILES string of the molecule is CCOCCOc1ccc(CN2C[C@@H](O)[C@](O)(CNC(=O)c3cscn3)C2)cc1. The maximum atomic E-state index is 12.0. The lowest BCUT2D eigenvalue weighted by molar-refractivity contribution is -0.0377. The number of nitrogens with zero attached hydrogens (tertiary/aromatic N) is 2. The number of hydrogen-bond donors (Lipinski definition) is 3. The molecule has 1 aromatic heterocycles. The van der Waals surface area contributed by atoms with E-state index in [2.05, 4.69) is 10.3 Å². The first kappa shape index (κ1) is 21.7. The predicted molar refractivity (Wildman–Crippen MR) is 109 cm³/mol. The number of ether oxygens (including phenoxy) is 2. The molecule has 0 unspecified atom stereocenters. The Hall–Kier alpha value is -2.04. The van der Waals surface area contributed by atoms with Gasteiger partial charge in [-0.15, -0.1) is 11.3 Å². The second kappa shape index (κ2) is 10.1. The van der Waals surface area contributed by atoms with Crippen LogP contribution in [-0.4, -0.2) is 77.2 Å². The summed E-state index contributed by atoms with van der Waals surface area (Å²) in [5, 5.41) is 25.4. The van der Waals surface area contributed by atoms with Gasteiger partial charge in [0.15, 0.2) is 0 Å². The molecule has 9 heteroatoms. The van der Waals surface area contributed by atoms with Crippen molar-refractivity contribution < 1.29 is 24.5 Å². The fourth-order valence-electron chi connectivity index (χ4n) is 3.23. The smallest absolute Gasteiger partial charge is 0.270 e. The molecule has 3 N–H and O–H groups in total. The third-order valence-electron chi connectivity index (χ3n) is 4.80. The van der Waals surface area contributed by atoms with Crippen LogP contribution in [-0.2, 0) is 11.3 Å². The highest BCUT2D eigenvalue weighted by molar-refractivity contribution is 7.07. The summed E-state index contributed by atoms with van der Waals surface area (Å²) in [6.07, 6.45) is -0.945. The number of carbonyl (C=O) groups excluding carboxylic acids is 1. The molecule has 1 amide bonds. The Kier molecular flexibility index (Phi) is 7.57. The van der Waals surface area contributed by atoms with Crippen molar-refractivity contribution in [2.24, 2.45) is 0 Å². The zero-order valence-electron chi connectivity index (χ0n) is 16.4. The summed E-state index contributed by atoms with van der Waals surface area (Å²) in [5.41, 5.74) is 1.54. The largest absolute Gasteiger partial charge is 0.491 e. The van der Waals surface area contributed by atoms with Crippen LogP contribution in [0.2, 0.25) is 0 Å². The molecule has 0 aliphatic carbocycles. The number of aliphatic hydroxyl groups excluding tert-OH is 1. The molecule has 1 aromatic carbocycles. The molecule has 2 atom stereocenters. The van der Waals surface area contributed by atoms with Gasteiger partial charge in [-0.25, -0.2) is 4.98 Å². The minimum absolute atomic E-state index is 0.0341. The van der Waals surface area contributed by atoms with Crippen LogP contribution >= 0.6 is 11.3 Å². The lowest BCUT2D eigenvalue weighted by Crippen LogP contribution is -2.51. The summed E-state index contributed by atoms with van der Waals surface area (Å²) in [5.74, 6) is 0.418. The molecule has 0 saturated carbocycles. The third-order valence-corrected chi connectivity index (χ3v) is 5.39. The number of β-amino-alcohol motifs (C(OH)–C–C–N with tert-alkyl or cyclic N) is 2. The van der Waals surface area contributed by atoms with E-state index in [0.717, 1.165) is 11.3 Å². The first-order valence-electron chi connectivity index (χ1n) is 9.59. The van der Waals surface area contributed by atoms with Crippen molar-refractivity contribution in [2.75, 3.05) is 39.5 Å². The van der Waals surface area contributed by atoms with Crippen LogP contribution in [0.15, 0.2) is 35.2 Å². The molecule has 1 aliphatic rings. The van der Waals surface area contributed by atoms with Crippen LogP contribution in [0, 0.1) is 0 Å². The fourth-order valence-corrected chi connectivity index (χ4v) is 3.76. The fraction of sp³-hybridized carbons (Fsp3) is 0.500. The second-order valence-electron chi connectivity index (χ2n) is 7.03. The van der Waals surface area contributed by atoms with Crippen molar-refractivity contribution in [2.45, 2.75) is 25.2 Å². The van der Waals surface area contributed by atoms with E-state index in [1.807, 2.05) is 36.1 Å². The molecule has 1 aliphatic heterocycles. The van der Waals surface area contributed by atoms with E-state index < -0.39 is 11.7 Å². The van der Waals surface area contributed by atoms with Gasteiger partial charge in [0.25, 0.3) is 5.91 Å². The Morgan fingerprint density at radius 2 is 2.17 bits per heavy atom. The van der Waals surface area contributed by atoms with Crippen molar-refractivity contribution in [1.29, 1.82) is 0 Å². The Morgan fingerprint density at radius 3 is 2.86 bits per heavy atom. The van der Waals surface area contributed by atoms with Gasteiger partial charge in [0.05, 0.1) is 24.8 Å². The molecular formula is C20H27N3O5S. The number of thiazole rings is 1. The van der Waals surface area contributed by atoms with Crippen molar-refractivity contribution in [3.8, 4) is 5.75 Å². The van der Waals surface area contributed by atoms with Crippen molar-refractivity contribution >= 4 is 17.2 Å². The molecule has 2 heterocycles. The van der Waals surface area contributed by atoms with Gasteiger partial charge in [-0.3, -0.25) is 9.69 Å². The molecule has 0 radical (unpaired) electrons. The second-order valence-corrected chi connectivity index (χ2v) is 7.75. The van der Waals surface area contributed by atoms with Crippen LogP contribution in [0.4, 0.5) is 0 Å². The monoisotopic (exact) mass is 421 g/mol. The molecule has 1 saturated heterocycles. The minimum atomic E-state index is -1.39. The number of nitrogens with one attached hydrogen (secondary N) is 1. The number of carbonyl (C=O) groups is 1. The number of likely N-dealkylation sites (tertiary alicyclic amines) is 1. The van der Waals surface area contributed by atoms with Crippen molar-refractivity contribution in [3.05, 3.63) is 46.4 Å². The van der Waals surface area contributed by atoms with Gasteiger partial charge in [-0.05, 0) is 24.6 Å². The summed E-state index contributed by atoms with van der Waals surface area (Å²) < 4.78 is 10.8. The Bertz CT molecular complexity index is 771. The van der Waals surface area contributed by atoms with Crippen LogP contribution in [0.1, 0.15) is 23.0 Å². The van der Waals surface area contributed by atoms with Gasteiger partial charge in [-0.2, -0.15) is 0 Å².